The van der Waals surface area contributed by atoms with Gasteiger partial charge in [-0.25, -0.2) is 13.4 Å². The number of carbonyl (C=O) groups is 1. The standard InChI is InChI=1S/C19H15N3O5S2/c1-29(24,25)11-4-5-12-15(9-11)28-18(20-12)21-17(23)19(6-7-19)16-10-14(27-22-16)13-3-2-8-26-13/h2-5,8-10H,6-7H2,1H3,(H,20,21,23). The largest absolute Gasteiger partial charge is 0.461 e. The molecular formula is C19H15N3O5S2. The summed E-state index contributed by atoms with van der Waals surface area (Å²) >= 11 is 1.23. The van der Waals surface area contributed by atoms with Crippen LogP contribution in [0, 0.1) is 0 Å². The van der Waals surface area contributed by atoms with Crippen molar-refractivity contribution in [1.82, 2.24) is 10.1 Å². The molecule has 29 heavy (non-hydrogen) atoms. The number of furan rings is 1. The molecule has 0 atom stereocenters. The maximum atomic E-state index is 13.0. The van der Waals surface area contributed by atoms with E-state index in [1.54, 1.807) is 36.6 Å². The van der Waals surface area contributed by atoms with Gasteiger partial charge in [-0.15, -0.1) is 0 Å². The Balaban J connectivity index is 1.40. The Hall–Kier alpha value is -2.98. The normalized spacial score (nSPS) is 15.5. The van der Waals surface area contributed by atoms with Gasteiger partial charge in [0.15, 0.2) is 20.7 Å². The van der Waals surface area contributed by atoms with Gasteiger partial charge in [-0.1, -0.05) is 16.5 Å². The van der Waals surface area contributed by atoms with Crippen LogP contribution >= 0.6 is 11.3 Å². The van der Waals surface area contributed by atoms with E-state index in [2.05, 4.69) is 15.5 Å². The number of nitrogens with zero attached hydrogens (tertiary/aromatic N) is 2. The van der Waals surface area contributed by atoms with Crippen molar-refractivity contribution in [1.29, 1.82) is 0 Å². The fourth-order valence-electron chi connectivity index (χ4n) is 3.17. The van der Waals surface area contributed by atoms with Crippen molar-refractivity contribution in [3.05, 3.63) is 48.4 Å². The highest BCUT2D eigenvalue weighted by molar-refractivity contribution is 7.90. The zero-order valence-corrected chi connectivity index (χ0v) is 16.8. The summed E-state index contributed by atoms with van der Waals surface area (Å²) in [4.78, 5) is 17.6. The van der Waals surface area contributed by atoms with Crippen LogP contribution < -0.4 is 5.32 Å². The number of thiazole rings is 1. The van der Waals surface area contributed by atoms with Crippen molar-refractivity contribution in [2.45, 2.75) is 23.2 Å². The van der Waals surface area contributed by atoms with Crippen LogP contribution in [0.5, 0.6) is 0 Å². The van der Waals surface area contributed by atoms with Gasteiger partial charge in [0, 0.05) is 12.3 Å². The van der Waals surface area contributed by atoms with Crippen LogP contribution in [0.1, 0.15) is 18.5 Å². The van der Waals surface area contributed by atoms with Gasteiger partial charge in [0.1, 0.15) is 0 Å². The second kappa shape index (κ2) is 6.26. The van der Waals surface area contributed by atoms with Crippen LogP contribution in [-0.4, -0.2) is 30.7 Å². The molecule has 0 radical (unpaired) electrons. The summed E-state index contributed by atoms with van der Waals surface area (Å²) in [6.45, 7) is 0. The van der Waals surface area contributed by atoms with Crippen LogP contribution in [0.15, 0.2) is 56.5 Å². The molecule has 1 N–H and O–H groups in total. The predicted molar refractivity (Wildman–Crippen MR) is 106 cm³/mol. The van der Waals surface area contributed by atoms with Gasteiger partial charge in [0.25, 0.3) is 0 Å². The average Bonchev–Trinajstić information content (AvgIpc) is 3.09. The highest BCUT2D eigenvalue weighted by Crippen LogP contribution is 2.49. The summed E-state index contributed by atoms with van der Waals surface area (Å²) in [5.41, 5.74) is 0.440. The van der Waals surface area contributed by atoms with E-state index in [1.165, 1.54) is 17.4 Å². The van der Waals surface area contributed by atoms with Crippen molar-refractivity contribution in [3.63, 3.8) is 0 Å². The number of rotatable bonds is 5. The summed E-state index contributed by atoms with van der Waals surface area (Å²) in [5.74, 6) is 0.810. The van der Waals surface area contributed by atoms with E-state index < -0.39 is 15.3 Å². The average molecular weight is 429 g/mol. The predicted octanol–water partition coefficient (Wildman–Crippen LogP) is 3.62. The number of fused-ring (bicyclic) bond motifs is 1. The quantitative estimate of drug-likeness (QED) is 0.515. The number of carbonyl (C=O) groups excluding carboxylic acids is 1. The second-order valence-electron chi connectivity index (χ2n) is 7.01. The molecule has 1 aliphatic carbocycles. The minimum absolute atomic E-state index is 0.209. The van der Waals surface area contributed by atoms with Crippen molar-refractivity contribution >= 4 is 42.4 Å². The summed E-state index contributed by atoms with van der Waals surface area (Å²) in [7, 11) is -3.31. The van der Waals surface area contributed by atoms with Crippen LogP contribution in [0.2, 0.25) is 0 Å². The molecule has 3 heterocycles. The molecule has 1 saturated carbocycles. The Labute approximate surface area is 169 Å². The molecule has 0 unspecified atom stereocenters. The molecule has 0 aliphatic heterocycles. The van der Waals surface area contributed by atoms with E-state index in [0.29, 0.717) is 45.4 Å². The zero-order chi connectivity index (χ0) is 20.2. The number of sulfone groups is 1. The molecule has 8 nitrogen and oxygen atoms in total. The Kier molecular flexibility index (Phi) is 3.90. The monoisotopic (exact) mass is 429 g/mol. The molecule has 5 rings (SSSR count). The first-order valence-electron chi connectivity index (χ1n) is 8.78. The number of nitrogens with one attached hydrogen (secondary N) is 1. The first-order valence-corrected chi connectivity index (χ1v) is 11.5. The van der Waals surface area contributed by atoms with Gasteiger partial charge in [0.2, 0.25) is 11.7 Å². The van der Waals surface area contributed by atoms with E-state index in [4.69, 9.17) is 8.94 Å². The first kappa shape index (κ1) is 18.1. The number of amides is 1. The Morgan fingerprint density at radius 2 is 2.03 bits per heavy atom. The fraction of sp³-hybridized carbons (Fsp3) is 0.211. The lowest BCUT2D eigenvalue weighted by Gasteiger charge is -2.10. The highest BCUT2D eigenvalue weighted by Gasteiger charge is 2.54. The first-order chi connectivity index (χ1) is 13.8. The highest BCUT2D eigenvalue weighted by atomic mass is 32.2. The molecule has 4 aromatic rings. The lowest BCUT2D eigenvalue weighted by atomic mass is 10.0. The SMILES string of the molecule is CS(=O)(=O)c1ccc2nc(NC(=O)C3(c4cc(-c5ccco5)on4)CC3)sc2c1. The summed E-state index contributed by atoms with van der Waals surface area (Å²) < 4.78 is 34.8. The van der Waals surface area contributed by atoms with Gasteiger partial charge < -0.3 is 14.3 Å². The minimum Gasteiger partial charge on any atom is -0.461 e. The fourth-order valence-corrected chi connectivity index (χ4v) is 4.79. The molecule has 3 aromatic heterocycles. The van der Waals surface area contributed by atoms with Crippen LogP contribution in [0.3, 0.4) is 0 Å². The lowest BCUT2D eigenvalue weighted by Crippen LogP contribution is -2.28. The third kappa shape index (κ3) is 3.14. The topological polar surface area (TPSA) is 115 Å². The Morgan fingerprint density at radius 1 is 1.21 bits per heavy atom. The molecule has 1 amide bonds. The molecule has 0 bridgehead atoms. The summed E-state index contributed by atoms with van der Waals surface area (Å²) in [6.07, 6.45) is 4.02. The molecule has 1 aromatic carbocycles. The molecule has 0 saturated heterocycles. The summed E-state index contributed by atoms with van der Waals surface area (Å²) in [5, 5.41) is 7.33. The van der Waals surface area contributed by atoms with Gasteiger partial charge in [0.05, 0.1) is 32.5 Å². The molecular weight excluding hydrogens is 414 g/mol. The van der Waals surface area contributed by atoms with E-state index >= 15 is 0 Å². The third-order valence-electron chi connectivity index (χ3n) is 4.96. The van der Waals surface area contributed by atoms with Crippen molar-refractivity contribution in [3.8, 4) is 11.5 Å². The number of hydrogen-bond donors (Lipinski definition) is 1. The molecule has 1 fully saturated rings. The smallest absolute Gasteiger partial charge is 0.238 e. The third-order valence-corrected chi connectivity index (χ3v) is 7.00. The molecule has 10 heteroatoms. The Morgan fingerprint density at radius 3 is 2.72 bits per heavy atom. The number of aromatic nitrogens is 2. The van der Waals surface area contributed by atoms with E-state index in [9.17, 15) is 13.2 Å². The van der Waals surface area contributed by atoms with Crippen molar-refractivity contribution < 1.29 is 22.2 Å². The molecule has 148 valence electrons. The molecule has 0 spiro atoms. The van der Waals surface area contributed by atoms with Crippen LogP contribution in [0.25, 0.3) is 21.7 Å². The Bertz CT molecular complexity index is 1330. The van der Waals surface area contributed by atoms with E-state index in [-0.39, 0.29) is 10.8 Å². The van der Waals surface area contributed by atoms with E-state index in [0.717, 1.165) is 6.26 Å². The number of benzene rings is 1. The van der Waals surface area contributed by atoms with Gasteiger partial charge in [-0.2, -0.15) is 0 Å². The maximum absolute atomic E-state index is 13.0. The van der Waals surface area contributed by atoms with Gasteiger partial charge in [-0.05, 0) is 43.2 Å². The maximum Gasteiger partial charge on any atom is 0.238 e. The summed E-state index contributed by atoms with van der Waals surface area (Å²) in [6, 6.07) is 9.95. The number of anilines is 1. The van der Waals surface area contributed by atoms with Gasteiger partial charge in [-0.3, -0.25) is 4.79 Å². The van der Waals surface area contributed by atoms with Crippen LogP contribution in [0.4, 0.5) is 5.13 Å². The second-order valence-corrected chi connectivity index (χ2v) is 10.1. The van der Waals surface area contributed by atoms with Crippen LogP contribution in [-0.2, 0) is 20.0 Å². The van der Waals surface area contributed by atoms with Gasteiger partial charge >= 0.3 is 0 Å². The zero-order valence-electron chi connectivity index (χ0n) is 15.2. The lowest BCUT2D eigenvalue weighted by molar-refractivity contribution is -0.118. The number of hydrogen-bond acceptors (Lipinski definition) is 8. The van der Waals surface area contributed by atoms with Crippen molar-refractivity contribution in [2.24, 2.45) is 0 Å². The van der Waals surface area contributed by atoms with Crippen molar-refractivity contribution in [2.75, 3.05) is 11.6 Å². The van der Waals surface area contributed by atoms with E-state index in [1.807, 2.05) is 0 Å². The molecule has 1 aliphatic rings. The minimum atomic E-state index is -3.31.